The van der Waals surface area contributed by atoms with Gasteiger partial charge in [-0.3, -0.25) is 4.79 Å². The molecule has 0 saturated heterocycles. The second-order valence-electron chi connectivity index (χ2n) is 5.60. The van der Waals surface area contributed by atoms with Crippen LogP contribution in [0.15, 0.2) is 60.7 Å². The molecule has 3 aromatic rings. The topological polar surface area (TPSA) is 73.3 Å². The molecule has 0 aliphatic heterocycles. The summed E-state index contributed by atoms with van der Waals surface area (Å²) in [5.74, 6) is 0.997. The lowest BCUT2D eigenvalue weighted by molar-refractivity contribution is 0.0946. The summed E-state index contributed by atoms with van der Waals surface area (Å²) in [7, 11) is 1.62. The van der Waals surface area contributed by atoms with Crippen molar-refractivity contribution in [1.29, 1.82) is 0 Å². The highest BCUT2D eigenvalue weighted by Gasteiger charge is 2.05. The van der Waals surface area contributed by atoms with Crippen molar-refractivity contribution in [2.75, 3.05) is 20.3 Å². The van der Waals surface area contributed by atoms with Crippen molar-refractivity contribution >= 4 is 17.5 Å². The van der Waals surface area contributed by atoms with E-state index in [0.717, 1.165) is 17.0 Å². The number of carbonyl (C=O) groups is 1. The summed E-state index contributed by atoms with van der Waals surface area (Å²) in [5.41, 5.74) is 2.22. The van der Waals surface area contributed by atoms with Crippen LogP contribution in [0.2, 0.25) is 5.02 Å². The summed E-state index contributed by atoms with van der Waals surface area (Å²) in [6, 6.07) is 17.8. The Morgan fingerprint density at radius 1 is 1.00 bits per heavy atom. The van der Waals surface area contributed by atoms with Gasteiger partial charge < -0.3 is 14.8 Å². The molecule has 0 aliphatic rings. The quantitative estimate of drug-likeness (QED) is 0.631. The molecule has 0 radical (unpaired) electrons. The molecular weight excluding hydrogens is 366 g/mol. The first-order valence-electron chi connectivity index (χ1n) is 8.30. The average molecular weight is 384 g/mol. The van der Waals surface area contributed by atoms with E-state index >= 15 is 0 Å². The van der Waals surface area contributed by atoms with Crippen molar-refractivity contribution in [2.45, 2.75) is 0 Å². The van der Waals surface area contributed by atoms with E-state index in [4.69, 9.17) is 21.1 Å². The Hall–Kier alpha value is -3.12. The van der Waals surface area contributed by atoms with Crippen LogP contribution < -0.4 is 14.8 Å². The maximum absolute atomic E-state index is 12.0. The number of hydrogen-bond donors (Lipinski definition) is 1. The molecule has 7 heteroatoms. The minimum absolute atomic E-state index is 0.184. The third kappa shape index (κ3) is 5.18. The van der Waals surface area contributed by atoms with Gasteiger partial charge in [0.05, 0.1) is 19.3 Å². The van der Waals surface area contributed by atoms with Crippen LogP contribution in [-0.4, -0.2) is 36.4 Å². The number of benzene rings is 2. The summed E-state index contributed by atoms with van der Waals surface area (Å²) >= 11 is 5.80. The lowest BCUT2D eigenvalue weighted by Gasteiger charge is -2.07. The lowest BCUT2D eigenvalue weighted by atomic mass is 10.1. The Morgan fingerprint density at radius 2 is 1.74 bits per heavy atom. The van der Waals surface area contributed by atoms with Crippen LogP contribution in [0.3, 0.4) is 0 Å². The standard InChI is InChI=1S/C20H18ClN3O3/c1-26-17-8-4-14(5-9-17)18-10-11-19(24-23-18)27-13-12-22-20(25)15-2-6-16(21)7-3-15/h2-11H,12-13H2,1H3,(H,22,25). The van der Waals surface area contributed by atoms with E-state index in [1.807, 2.05) is 30.3 Å². The normalized spacial score (nSPS) is 10.3. The molecule has 0 bridgehead atoms. The maximum atomic E-state index is 12.0. The minimum atomic E-state index is -0.184. The lowest BCUT2D eigenvalue weighted by Crippen LogP contribution is -2.28. The van der Waals surface area contributed by atoms with Crippen LogP contribution in [0.4, 0.5) is 0 Å². The maximum Gasteiger partial charge on any atom is 0.251 e. The molecule has 2 aromatic carbocycles. The van der Waals surface area contributed by atoms with Crippen LogP contribution in [0.25, 0.3) is 11.3 Å². The summed E-state index contributed by atoms with van der Waals surface area (Å²) < 4.78 is 10.6. The van der Waals surface area contributed by atoms with Crippen molar-refractivity contribution in [1.82, 2.24) is 15.5 Å². The molecule has 0 fully saturated rings. The summed E-state index contributed by atoms with van der Waals surface area (Å²) in [6.07, 6.45) is 0. The zero-order valence-electron chi connectivity index (χ0n) is 14.7. The first-order chi connectivity index (χ1) is 13.2. The van der Waals surface area contributed by atoms with Gasteiger partial charge in [0, 0.05) is 22.2 Å². The average Bonchev–Trinajstić information content (AvgIpc) is 2.72. The summed E-state index contributed by atoms with van der Waals surface area (Å²) in [6.45, 7) is 0.638. The first-order valence-corrected chi connectivity index (χ1v) is 8.68. The Bertz CT molecular complexity index is 882. The highest BCUT2D eigenvalue weighted by Crippen LogP contribution is 2.21. The number of rotatable bonds is 7. The molecule has 1 amide bonds. The highest BCUT2D eigenvalue weighted by atomic mass is 35.5. The Kier molecular flexibility index (Phi) is 6.22. The molecule has 0 atom stereocenters. The number of hydrogen-bond acceptors (Lipinski definition) is 5. The predicted molar refractivity (Wildman–Crippen MR) is 103 cm³/mol. The number of ether oxygens (including phenoxy) is 2. The van der Waals surface area contributed by atoms with Gasteiger partial charge in [-0.15, -0.1) is 10.2 Å². The van der Waals surface area contributed by atoms with Crippen LogP contribution in [0.5, 0.6) is 11.6 Å². The molecule has 1 aromatic heterocycles. The van der Waals surface area contributed by atoms with Gasteiger partial charge in [0.15, 0.2) is 0 Å². The molecule has 0 unspecified atom stereocenters. The van der Waals surface area contributed by atoms with Gasteiger partial charge in [-0.1, -0.05) is 11.6 Å². The smallest absolute Gasteiger partial charge is 0.251 e. The number of aromatic nitrogens is 2. The molecule has 1 N–H and O–H groups in total. The van der Waals surface area contributed by atoms with Crippen molar-refractivity contribution in [3.8, 4) is 22.9 Å². The molecule has 6 nitrogen and oxygen atoms in total. The summed E-state index contributed by atoms with van der Waals surface area (Å²) in [4.78, 5) is 12.0. The van der Waals surface area contributed by atoms with E-state index in [1.165, 1.54) is 0 Å². The zero-order chi connectivity index (χ0) is 19.1. The number of halogens is 1. The van der Waals surface area contributed by atoms with Gasteiger partial charge in [0.2, 0.25) is 5.88 Å². The van der Waals surface area contributed by atoms with Gasteiger partial charge in [0.1, 0.15) is 12.4 Å². The molecule has 3 rings (SSSR count). The van der Waals surface area contributed by atoms with E-state index in [1.54, 1.807) is 37.4 Å². The Labute approximate surface area is 162 Å². The Morgan fingerprint density at radius 3 is 2.37 bits per heavy atom. The van der Waals surface area contributed by atoms with Crippen LogP contribution in [-0.2, 0) is 0 Å². The molecule has 0 spiro atoms. The van der Waals surface area contributed by atoms with E-state index in [2.05, 4.69) is 15.5 Å². The largest absolute Gasteiger partial charge is 0.497 e. The zero-order valence-corrected chi connectivity index (χ0v) is 15.4. The monoisotopic (exact) mass is 383 g/mol. The van der Waals surface area contributed by atoms with Crippen LogP contribution >= 0.6 is 11.6 Å². The second-order valence-corrected chi connectivity index (χ2v) is 6.03. The number of nitrogens with zero attached hydrogens (tertiary/aromatic N) is 2. The van der Waals surface area contributed by atoms with Gasteiger partial charge >= 0.3 is 0 Å². The molecule has 0 aliphatic carbocycles. The van der Waals surface area contributed by atoms with Crippen LogP contribution in [0, 0.1) is 0 Å². The van der Waals surface area contributed by atoms with E-state index < -0.39 is 0 Å². The van der Waals surface area contributed by atoms with Crippen molar-refractivity contribution < 1.29 is 14.3 Å². The van der Waals surface area contributed by atoms with Gasteiger partial charge in [0.25, 0.3) is 5.91 Å². The van der Waals surface area contributed by atoms with E-state index in [9.17, 15) is 4.79 Å². The van der Waals surface area contributed by atoms with Crippen molar-refractivity contribution in [2.24, 2.45) is 0 Å². The highest BCUT2D eigenvalue weighted by molar-refractivity contribution is 6.30. The third-order valence-corrected chi connectivity index (χ3v) is 4.02. The summed E-state index contributed by atoms with van der Waals surface area (Å²) in [5, 5.41) is 11.6. The van der Waals surface area contributed by atoms with Crippen molar-refractivity contribution in [3.05, 3.63) is 71.2 Å². The van der Waals surface area contributed by atoms with Gasteiger partial charge in [-0.2, -0.15) is 0 Å². The number of methoxy groups -OCH3 is 1. The molecule has 138 valence electrons. The molecule has 1 heterocycles. The van der Waals surface area contributed by atoms with E-state index in [0.29, 0.717) is 23.0 Å². The number of amides is 1. The third-order valence-electron chi connectivity index (χ3n) is 3.77. The number of carbonyl (C=O) groups excluding carboxylic acids is 1. The fourth-order valence-corrected chi connectivity index (χ4v) is 2.46. The van der Waals surface area contributed by atoms with Gasteiger partial charge in [-0.25, -0.2) is 0 Å². The fraction of sp³-hybridized carbons (Fsp3) is 0.150. The molecule has 27 heavy (non-hydrogen) atoms. The molecular formula is C20H18ClN3O3. The minimum Gasteiger partial charge on any atom is -0.497 e. The first kappa shape index (κ1) is 18.7. The molecule has 0 saturated carbocycles. The van der Waals surface area contributed by atoms with Crippen molar-refractivity contribution in [3.63, 3.8) is 0 Å². The Balaban J connectivity index is 1.47. The predicted octanol–water partition coefficient (Wildman–Crippen LogP) is 3.61. The number of nitrogens with one attached hydrogen (secondary N) is 1. The fourth-order valence-electron chi connectivity index (χ4n) is 2.34. The SMILES string of the molecule is COc1ccc(-c2ccc(OCCNC(=O)c3ccc(Cl)cc3)nn2)cc1. The van der Waals surface area contributed by atoms with Gasteiger partial charge in [-0.05, 0) is 54.6 Å². The van der Waals surface area contributed by atoms with E-state index in [-0.39, 0.29) is 12.5 Å². The van der Waals surface area contributed by atoms with Crippen LogP contribution in [0.1, 0.15) is 10.4 Å². The second kappa shape index (κ2) is 9.00.